The van der Waals surface area contributed by atoms with Crippen molar-refractivity contribution in [2.75, 3.05) is 11.0 Å². The van der Waals surface area contributed by atoms with Crippen molar-refractivity contribution in [1.29, 1.82) is 0 Å². The number of hydrogen-bond acceptors (Lipinski definition) is 7. The van der Waals surface area contributed by atoms with Crippen LogP contribution in [0.1, 0.15) is 66.1 Å². The number of aryl methyl sites for hydroxylation is 1. The van der Waals surface area contributed by atoms with Crippen LogP contribution < -0.4 is 10.0 Å². The van der Waals surface area contributed by atoms with E-state index < -0.39 is 86.6 Å². The maximum atomic E-state index is 15.5. The van der Waals surface area contributed by atoms with Gasteiger partial charge in [0.2, 0.25) is 15.9 Å². The molecule has 318 valence electrons. The molecule has 0 saturated heterocycles. The Morgan fingerprint density at radius 1 is 1.07 bits per heavy atom. The van der Waals surface area contributed by atoms with E-state index in [0.717, 1.165) is 18.4 Å². The number of halogens is 8. The number of rotatable bonds is 10. The minimum absolute atomic E-state index is 0.0145. The first-order chi connectivity index (χ1) is 28.5. The summed E-state index contributed by atoms with van der Waals surface area (Å²) in [5.74, 6) is -3.06. The fraction of sp³-hybridized carbons (Fsp3) is 0.325. The van der Waals surface area contributed by atoms with Gasteiger partial charge in [0.25, 0.3) is 5.92 Å². The summed E-state index contributed by atoms with van der Waals surface area (Å²) in [5, 5.41) is 10.8. The van der Waals surface area contributed by atoms with Gasteiger partial charge in [-0.2, -0.15) is 32.1 Å². The van der Waals surface area contributed by atoms with Gasteiger partial charge in [-0.3, -0.25) is 18.9 Å². The lowest BCUT2D eigenvalue weighted by Gasteiger charge is -2.23. The highest BCUT2D eigenvalue weighted by Crippen LogP contribution is 2.68. The van der Waals surface area contributed by atoms with E-state index in [-0.39, 0.29) is 57.1 Å². The minimum Gasteiger partial charge on any atom is -0.346 e. The van der Waals surface area contributed by atoms with E-state index in [1.807, 2.05) is 13.8 Å². The molecule has 0 radical (unpaired) electrons. The van der Waals surface area contributed by atoms with Gasteiger partial charge in [-0.1, -0.05) is 23.6 Å². The first-order valence-corrected chi connectivity index (χ1v) is 20.7. The van der Waals surface area contributed by atoms with Gasteiger partial charge in [0.15, 0.2) is 11.5 Å². The van der Waals surface area contributed by atoms with Gasteiger partial charge in [0, 0.05) is 48.1 Å². The first-order valence-electron chi connectivity index (χ1n) is 18.5. The van der Waals surface area contributed by atoms with Crippen LogP contribution >= 0.6 is 11.6 Å². The van der Waals surface area contributed by atoms with Gasteiger partial charge in [0.05, 0.1) is 40.2 Å². The van der Waals surface area contributed by atoms with Crippen LogP contribution in [0.3, 0.4) is 0 Å². The molecule has 1 saturated carbocycles. The second kappa shape index (κ2) is 14.6. The molecule has 0 bridgehead atoms. The van der Waals surface area contributed by atoms with Crippen LogP contribution in [0.15, 0.2) is 61.2 Å². The van der Waals surface area contributed by atoms with Crippen molar-refractivity contribution in [2.45, 2.75) is 62.8 Å². The van der Waals surface area contributed by atoms with Gasteiger partial charge in [0.1, 0.15) is 35.1 Å². The Kier molecular flexibility index (Phi) is 10.0. The number of sulfonamides is 1. The van der Waals surface area contributed by atoms with Crippen LogP contribution in [0.25, 0.3) is 22.0 Å². The summed E-state index contributed by atoms with van der Waals surface area (Å²) in [6.45, 7) is 2.55. The summed E-state index contributed by atoms with van der Waals surface area (Å²) in [4.78, 5) is 22.9. The van der Waals surface area contributed by atoms with Crippen molar-refractivity contribution in [3.63, 3.8) is 0 Å². The van der Waals surface area contributed by atoms with Crippen LogP contribution in [0.4, 0.5) is 36.6 Å². The number of pyridine rings is 1. The van der Waals surface area contributed by atoms with E-state index in [0.29, 0.717) is 16.3 Å². The van der Waals surface area contributed by atoms with Crippen LogP contribution in [0.2, 0.25) is 5.02 Å². The van der Waals surface area contributed by atoms with Gasteiger partial charge in [-0.25, -0.2) is 27.2 Å². The molecule has 3 atom stereocenters. The summed E-state index contributed by atoms with van der Waals surface area (Å²) in [7, 11) is -2.33. The summed E-state index contributed by atoms with van der Waals surface area (Å²) in [5.41, 5.74) is -2.89. The van der Waals surface area contributed by atoms with E-state index in [9.17, 15) is 35.2 Å². The smallest absolute Gasteiger partial charge is 0.346 e. The standard InChI is InChI=1S/C40H33ClF7N9O3S/c1-38(2,56-12-11-49-19-56)10-9-23-5-6-24(25-7-8-28(41)32-34(25)55(3)53-37(32)54-61(4,59)60)33(50-23)29(15-20-13-21(42)16-22(43)14-20)51-30(58)18-57-36-31(35(52-57)40(46,47)48)26-17-27(26)39(36,44)45/h5-8,11-14,16,19,26-27,29H,15,17-18H2,1-4H3,(H,51,58)(H,53,54)/t26-,27+,29-/m0/s1. The number of anilines is 1. The minimum atomic E-state index is -5.08. The number of benzene rings is 2. The molecule has 4 aromatic heterocycles. The third-order valence-corrected chi connectivity index (χ3v) is 11.5. The first kappa shape index (κ1) is 41.8. The van der Waals surface area contributed by atoms with Crippen molar-refractivity contribution in [3.05, 3.63) is 112 Å². The lowest BCUT2D eigenvalue weighted by molar-refractivity contribution is -0.142. The summed E-state index contributed by atoms with van der Waals surface area (Å²) in [6.07, 6.45) is 0.159. The third kappa shape index (κ3) is 7.91. The molecule has 1 fully saturated rings. The topological polar surface area (TPSA) is 142 Å². The molecular formula is C40H33ClF7N9O3S. The largest absolute Gasteiger partial charge is 0.435 e. The second-order valence-corrected chi connectivity index (χ2v) is 17.7. The zero-order valence-electron chi connectivity index (χ0n) is 32.4. The number of imidazole rings is 1. The molecule has 0 unspecified atom stereocenters. The van der Waals surface area contributed by atoms with E-state index in [1.54, 1.807) is 41.5 Å². The molecule has 2 N–H and O–H groups in total. The number of fused-ring (bicyclic) bond motifs is 4. The SMILES string of the molecule is Cn1nc(NS(C)(=O)=O)c2c(Cl)ccc(-c3ccc(C#CC(C)(C)n4ccnc4)nc3[C@H](Cc3cc(F)cc(F)c3)NC(=O)Cn3nc(C(F)(F)F)c4c3C(F)(F)[C@@H]3C[C@H]43)c21. The Bertz CT molecular complexity index is 2920. The van der Waals surface area contributed by atoms with Gasteiger partial charge in [-0.15, -0.1) is 0 Å². The van der Waals surface area contributed by atoms with Crippen LogP contribution in [0, 0.1) is 29.4 Å². The Morgan fingerprint density at radius 3 is 2.43 bits per heavy atom. The highest BCUT2D eigenvalue weighted by Gasteiger charge is 2.68. The number of alkyl halides is 5. The Balaban J connectivity index is 1.29. The molecule has 12 nitrogen and oxygen atoms in total. The zero-order chi connectivity index (χ0) is 44.0. The second-order valence-electron chi connectivity index (χ2n) is 15.5. The summed E-state index contributed by atoms with van der Waals surface area (Å²) >= 11 is 6.61. The number of carbonyl (C=O) groups is 1. The van der Waals surface area contributed by atoms with Crippen molar-refractivity contribution in [3.8, 4) is 23.0 Å². The molecule has 4 heterocycles. The van der Waals surface area contributed by atoms with Crippen LogP contribution in [-0.4, -0.2) is 54.7 Å². The molecule has 2 aliphatic rings. The molecule has 2 aromatic carbocycles. The highest BCUT2D eigenvalue weighted by atomic mass is 35.5. The third-order valence-electron chi connectivity index (χ3n) is 10.6. The molecule has 0 aliphatic heterocycles. The number of aromatic nitrogens is 7. The monoisotopic (exact) mass is 887 g/mol. The maximum absolute atomic E-state index is 15.5. The van der Waals surface area contributed by atoms with Crippen molar-refractivity contribution in [2.24, 2.45) is 13.0 Å². The normalized spacial score (nSPS) is 17.4. The molecule has 8 rings (SSSR count). The number of nitrogens with zero attached hydrogens (tertiary/aromatic N) is 7. The number of amides is 1. The van der Waals surface area contributed by atoms with Crippen molar-refractivity contribution < 1.29 is 43.9 Å². The van der Waals surface area contributed by atoms with E-state index in [1.165, 1.54) is 17.8 Å². The Hall–Kier alpha value is -5.94. The average molecular weight is 888 g/mol. The predicted octanol–water partition coefficient (Wildman–Crippen LogP) is 7.45. The van der Waals surface area contributed by atoms with Gasteiger partial charge < -0.3 is 9.88 Å². The zero-order valence-corrected chi connectivity index (χ0v) is 34.0. The molecule has 61 heavy (non-hydrogen) atoms. The highest BCUT2D eigenvalue weighted by molar-refractivity contribution is 7.92. The van der Waals surface area contributed by atoms with Gasteiger partial charge in [-0.05, 0) is 74.4 Å². The molecule has 6 aromatic rings. The quantitative estimate of drug-likeness (QED) is 0.108. The fourth-order valence-corrected chi connectivity index (χ4v) is 8.64. The van der Waals surface area contributed by atoms with Crippen molar-refractivity contribution in [1.82, 2.24) is 39.4 Å². The Labute approximate surface area is 348 Å². The fourth-order valence-electron chi connectivity index (χ4n) is 7.90. The lowest BCUT2D eigenvalue weighted by atomic mass is 9.93. The van der Waals surface area contributed by atoms with E-state index >= 15 is 8.78 Å². The Morgan fingerprint density at radius 2 is 1.77 bits per heavy atom. The summed E-state index contributed by atoms with van der Waals surface area (Å²) < 4.78 is 133. The number of carbonyl (C=O) groups excluding carboxylic acids is 1. The summed E-state index contributed by atoms with van der Waals surface area (Å²) in [6, 6.07) is 7.46. The number of nitrogens with one attached hydrogen (secondary N) is 2. The van der Waals surface area contributed by atoms with Crippen LogP contribution in [-0.2, 0) is 52.5 Å². The molecular weight excluding hydrogens is 855 g/mol. The molecule has 1 amide bonds. The lowest BCUT2D eigenvalue weighted by Crippen LogP contribution is -2.35. The van der Waals surface area contributed by atoms with E-state index in [4.69, 9.17) is 16.6 Å². The van der Waals surface area contributed by atoms with Crippen molar-refractivity contribution >= 4 is 44.3 Å². The van der Waals surface area contributed by atoms with Crippen LogP contribution in [0.5, 0.6) is 0 Å². The molecule has 0 spiro atoms. The molecule has 2 aliphatic carbocycles. The predicted molar refractivity (Wildman–Crippen MR) is 209 cm³/mol. The van der Waals surface area contributed by atoms with Gasteiger partial charge >= 0.3 is 6.18 Å². The molecule has 21 heteroatoms. The van der Waals surface area contributed by atoms with E-state index in [2.05, 4.69) is 37.1 Å². The maximum Gasteiger partial charge on any atom is 0.435 e. The number of hydrogen-bond donors (Lipinski definition) is 2. The average Bonchev–Trinajstić information content (AvgIpc) is 3.41.